The molecule has 3 rings (SSSR count). The van der Waals surface area contributed by atoms with E-state index < -0.39 is 0 Å². The van der Waals surface area contributed by atoms with Crippen LogP contribution in [0.4, 0.5) is 0 Å². The van der Waals surface area contributed by atoms with E-state index in [9.17, 15) is 5.11 Å². The molecule has 2 nitrogen and oxygen atoms in total. The second-order valence-corrected chi connectivity index (χ2v) is 5.84. The van der Waals surface area contributed by atoms with Crippen LogP contribution in [0.3, 0.4) is 0 Å². The number of nitrogens with zero attached hydrogens (tertiary/aromatic N) is 1. The molecule has 0 spiro atoms. The normalized spacial score (nSPS) is 20.0. The van der Waals surface area contributed by atoms with E-state index in [4.69, 9.17) is 0 Å². The van der Waals surface area contributed by atoms with Gasteiger partial charge in [0.2, 0.25) is 0 Å². The van der Waals surface area contributed by atoms with Gasteiger partial charge in [0.05, 0.1) is 12.6 Å². The molecule has 1 aliphatic heterocycles. The SMILES string of the molecule is CC[C@@H]1CN([C@@H](CO)c2ccccc2)Cc2ccccc21. The zero-order valence-electron chi connectivity index (χ0n) is 12.6. The molecule has 110 valence electrons. The molecule has 1 heterocycles. The van der Waals surface area contributed by atoms with Crippen LogP contribution in [0.5, 0.6) is 0 Å². The number of benzene rings is 2. The quantitative estimate of drug-likeness (QED) is 0.923. The van der Waals surface area contributed by atoms with E-state index in [1.54, 1.807) is 0 Å². The molecule has 1 N–H and O–H groups in total. The molecule has 0 saturated carbocycles. The Kier molecular flexibility index (Phi) is 4.37. The molecule has 0 fully saturated rings. The first-order chi connectivity index (χ1) is 10.3. The molecule has 0 bridgehead atoms. The Morgan fingerprint density at radius 3 is 2.52 bits per heavy atom. The summed E-state index contributed by atoms with van der Waals surface area (Å²) < 4.78 is 0. The number of aliphatic hydroxyl groups is 1. The minimum absolute atomic E-state index is 0.0913. The topological polar surface area (TPSA) is 23.5 Å². The van der Waals surface area contributed by atoms with Gasteiger partial charge >= 0.3 is 0 Å². The molecule has 2 atom stereocenters. The average Bonchev–Trinajstić information content (AvgIpc) is 2.56. The molecule has 0 radical (unpaired) electrons. The van der Waals surface area contributed by atoms with Crippen molar-refractivity contribution in [3.63, 3.8) is 0 Å². The van der Waals surface area contributed by atoms with Crippen molar-refractivity contribution in [3.8, 4) is 0 Å². The second kappa shape index (κ2) is 6.42. The molecule has 0 unspecified atom stereocenters. The van der Waals surface area contributed by atoms with Crippen LogP contribution in [0, 0.1) is 0 Å². The summed E-state index contributed by atoms with van der Waals surface area (Å²) >= 11 is 0. The third-order valence-corrected chi connectivity index (χ3v) is 4.61. The largest absolute Gasteiger partial charge is 0.394 e. The second-order valence-electron chi connectivity index (χ2n) is 5.84. The van der Waals surface area contributed by atoms with E-state index >= 15 is 0 Å². The molecular formula is C19H23NO. The van der Waals surface area contributed by atoms with Crippen LogP contribution in [-0.4, -0.2) is 23.2 Å². The van der Waals surface area contributed by atoms with E-state index in [2.05, 4.69) is 48.2 Å². The van der Waals surface area contributed by atoms with E-state index in [0.717, 1.165) is 19.5 Å². The van der Waals surface area contributed by atoms with Crippen LogP contribution in [-0.2, 0) is 6.54 Å². The fourth-order valence-electron chi connectivity index (χ4n) is 3.43. The molecule has 0 aliphatic carbocycles. The van der Waals surface area contributed by atoms with Crippen molar-refractivity contribution >= 4 is 0 Å². The maximum atomic E-state index is 9.90. The van der Waals surface area contributed by atoms with E-state index in [-0.39, 0.29) is 12.6 Å². The Morgan fingerprint density at radius 2 is 1.81 bits per heavy atom. The van der Waals surface area contributed by atoms with Crippen molar-refractivity contribution in [1.82, 2.24) is 4.90 Å². The maximum absolute atomic E-state index is 9.90. The van der Waals surface area contributed by atoms with Crippen molar-refractivity contribution in [2.45, 2.75) is 31.8 Å². The molecule has 0 aromatic heterocycles. The lowest BCUT2D eigenvalue weighted by Crippen LogP contribution is -2.38. The van der Waals surface area contributed by atoms with E-state index in [1.807, 2.05) is 18.2 Å². The Balaban J connectivity index is 1.90. The summed E-state index contributed by atoms with van der Waals surface area (Å²) in [5, 5.41) is 9.90. The number of rotatable bonds is 4. The predicted molar refractivity (Wildman–Crippen MR) is 86.2 cm³/mol. The summed E-state index contributed by atoms with van der Waals surface area (Å²) in [5.74, 6) is 0.563. The van der Waals surface area contributed by atoms with Crippen molar-refractivity contribution < 1.29 is 5.11 Å². The fourth-order valence-corrected chi connectivity index (χ4v) is 3.43. The number of aliphatic hydroxyl groups excluding tert-OH is 1. The zero-order valence-corrected chi connectivity index (χ0v) is 12.6. The van der Waals surface area contributed by atoms with Crippen LogP contribution in [0.15, 0.2) is 54.6 Å². The van der Waals surface area contributed by atoms with Gasteiger partial charge in [-0.05, 0) is 29.0 Å². The number of hydrogen-bond acceptors (Lipinski definition) is 2. The molecule has 21 heavy (non-hydrogen) atoms. The van der Waals surface area contributed by atoms with Crippen molar-refractivity contribution in [2.24, 2.45) is 0 Å². The molecular weight excluding hydrogens is 258 g/mol. The Labute approximate surface area is 127 Å². The Bertz CT molecular complexity index is 581. The van der Waals surface area contributed by atoms with Crippen LogP contribution in [0.1, 0.15) is 42.0 Å². The van der Waals surface area contributed by atoms with Crippen molar-refractivity contribution in [2.75, 3.05) is 13.2 Å². The number of fused-ring (bicyclic) bond motifs is 1. The number of hydrogen-bond donors (Lipinski definition) is 1. The highest BCUT2D eigenvalue weighted by atomic mass is 16.3. The van der Waals surface area contributed by atoms with Gasteiger partial charge < -0.3 is 5.11 Å². The monoisotopic (exact) mass is 281 g/mol. The summed E-state index contributed by atoms with van der Waals surface area (Å²) in [6.07, 6.45) is 1.14. The molecule has 0 amide bonds. The lowest BCUT2D eigenvalue weighted by Gasteiger charge is -2.39. The third-order valence-electron chi connectivity index (χ3n) is 4.61. The van der Waals surface area contributed by atoms with Crippen LogP contribution < -0.4 is 0 Å². The van der Waals surface area contributed by atoms with Gasteiger partial charge in [0.25, 0.3) is 0 Å². The fraction of sp³-hybridized carbons (Fsp3) is 0.368. The molecule has 2 heteroatoms. The molecule has 0 saturated heterocycles. The Morgan fingerprint density at radius 1 is 1.10 bits per heavy atom. The van der Waals surface area contributed by atoms with Crippen LogP contribution in [0.2, 0.25) is 0 Å². The summed E-state index contributed by atoms with van der Waals surface area (Å²) in [6.45, 7) is 4.37. The highest BCUT2D eigenvalue weighted by Gasteiger charge is 2.28. The third kappa shape index (κ3) is 2.87. The van der Waals surface area contributed by atoms with Gasteiger partial charge in [-0.3, -0.25) is 4.90 Å². The highest BCUT2D eigenvalue weighted by Crippen LogP contribution is 2.34. The first-order valence-electron chi connectivity index (χ1n) is 7.81. The Hall–Kier alpha value is -1.64. The average molecular weight is 281 g/mol. The summed E-state index contributed by atoms with van der Waals surface area (Å²) in [6, 6.07) is 19.2. The van der Waals surface area contributed by atoms with Gasteiger partial charge in [0.15, 0.2) is 0 Å². The van der Waals surface area contributed by atoms with E-state index in [1.165, 1.54) is 16.7 Å². The van der Waals surface area contributed by atoms with Gasteiger partial charge in [0.1, 0.15) is 0 Å². The first-order valence-corrected chi connectivity index (χ1v) is 7.81. The van der Waals surface area contributed by atoms with Crippen LogP contribution in [0.25, 0.3) is 0 Å². The molecule has 1 aliphatic rings. The van der Waals surface area contributed by atoms with Gasteiger partial charge in [-0.2, -0.15) is 0 Å². The van der Waals surface area contributed by atoms with Gasteiger partial charge in [-0.25, -0.2) is 0 Å². The first kappa shape index (κ1) is 14.3. The van der Waals surface area contributed by atoms with Crippen molar-refractivity contribution in [1.29, 1.82) is 0 Å². The summed E-state index contributed by atoms with van der Waals surface area (Å²) in [4.78, 5) is 2.42. The van der Waals surface area contributed by atoms with Crippen LogP contribution >= 0.6 is 0 Å². The standard InChI is InChI=1S/C19H23NO/c1-2-15-12-20(13-17-10-6-7-11-18(15)17)19(14-21)16-8-4-3-5-9-16/h3-11,15,19,21H,2,12-14H2,1H3/t15-,19+/m1/s1. The maximum Gasteiger partial charge on any atom is 0.0628 e. The van der Waals surface area contributed by atoms with Gasteiger partial charge in [0, 0.05) is 13.1 Å². The van der Waals surface area contributed by atoms with Crippen molar-refractivity contribution in [3.05, 3.63) is 71.3 Å². The zero-order chi connectivity index (χ0) is 14.7. The molecule has 2 aromatic rings. The van der Waals surface area contributed by atoms with Gasteiger partial charge in [-0.15, -0.1) is 0 Å². The lowest BCUT2D eigenvalue weighted by atomic mass is 9.86. The highest BCUT2D eigenvalue weighted by molar-refractivity contribution is 5.33. The predicted octanol–water partition coefficient (Wildman–Crippen LogP) is 3.73. The van der Waals surface area contributed by atoms with E-state index in [0.29, 0.717) is 5.92 Å². The summed E-state index contributed by atoms with van der Waals surface area (Å²) in [5.41, 5.74) is 4.10. The minimum atomic E-state index is 0.0913. The lowest BCUT2D eigenvalue weighted by molar-refractivity contribution is 0.101. The minimum Gasteiger partial charge on any atom is -0.394 e. The molecule has 2 aromatic carbocycles. The smallest absolute Gasteiger partial charge is 0.0628 e. The summed E-state index contributed by atoms with van der Waals surface area (Å²) in [7, 11) is 0. The van der Waals surface area contributed by atoms with Gasteiger partial charge in [-0.1, -0.05) is 61.5 Å².